The molecule has 320 valence electrons. The van der Waals surface area contributed by atoms with Crippen molar-refractivity contribution in [2.75, 3.05) is 40.5 Å². The first kappa shape index (κ1) is 51.3. The fraction of sp³-hybridized carbons (Fsp3) is 0.694. The molecule has 1 aromatic carbocycles. The molecule has 0 spiro atoms. The lowest BCUT2D eigenvalue weighted by Crippen LogP contribution is -2.16. The summed E-state index contributed by atoms with van der Waals surface area (Å²) in [5.41, 5.74) is 0.763. The molecule has 0 saturated carbocycles. The molecule has 0 heterocycles. The van der Waals surface area contributed by atoms with E-state index >= 15 is 0 Å². The van der Waals surface area contributed by atoms with E-state index in [2.05, 4.69) is 67.4 Å². The third-order valence-electron chi connectivity index (χ3n) is 9.60. The largest absolute Gasteiger partial charge is 0.508 e. The number of carbonyl (C=O) groups excluding carboxylic acids is 1. The number of unbranched alkanes of at least 4 members (excludes halogenated alkanes) is 18. The van der Waals surface area contributed by atoms with Crippen LogP contribution < -0.4 is 9.47 Å². The maximum Gasteiger partial charge on any atom is 0.508 e. The van der Waals surface area contributed by atoms with Crippen molar-refractivity contribution in [3.8, 4) is 11.5 Å². The lowest BCUT2D eigenvalue weighted by Gasteiger charge is -2.15. The molecule has 0 unspecified atom stereocenters. The maximum atomic E-state index is 12.2. The van der Waals surface area contributed by atoms with Crippen molar-refractivity contribution in [1.82, 2.24) is 4.90 Å². The molecule has 0 amide bonds. The van der Waals surface area contributed by atoms with Gasteiger partial charge >= 0.3 is 6.16 Å². The van der Waals surface area contributed by atoms with E-state index in [4.69, 9.17) is 30.5 Å². The third kappa shape index (κ3) is 32.4. The number of hydrogen-bond donors (Lipinski definition) is 0. The highest BCUT2D eigenvalue weighted by Crippen LogP contribution is 2.36. The van der Waals surface area contributed by atoms with Crippen LogP contribution in [0, 0.1) is 0 Å². The highest BCUT2D eigenvalue weighted by molar-refractivity contribution is 6.33. The number of benzene rings is 1. The second-order valence-corrected chi connectivity index (χ2v) is 15.7. The van der Waals surface area contributed by atoms with Gasteiger partial charge in [0.05, 0.1) is 19.8 Å². The SMILES string of the molecule is CCCCC/C=C\C/C=C\CCCCCCCCOc1cc(COC(=O)OCCCN(C)C)cc(OCCCCCCCC/C=C\C/C=C\CCCCC)c1Cl. The molecule has 0 radical (unpaired) electrons. The Labute approximate surface area is 349 Å². The van der Waals surface area contributed by atoms with Crippen molar-refractivity contribution >= 4 is 17.8 Å². The number of nitrogens with zero attached hydrogens (tertiary/aromatic N) is 1. The molecular weight excluding hydrogens is 718 g/mol. The average molecular weight is 801 g/mol. The highest BCUT2D eigenvalue weighted by atomic mass is 35.5. The van der Waals surface area contributed by atoms with E-state index < -0.39 is 6.16 Å². The standard InChI is InChI=1S/C49H82ClNO5/c1-5-7-9-11-13-15-17-19-21-23-25-27-29-31-33-35-39-53-46-42-45(44-56-49(52)55-41-37-38-51(3)4)43-47(48(46)50)54-40-36-34-32-30-28-26-24-22-20-18-16-14-12-10-8-6-2/h13-16,19-22,42-43H,5-12,17-18,23-41,44H2,1-4H3/b15-13-,16-14-,21-19-,22-20-. The van der Waals surface area contributed by atoms with Crippen molar-refractivity contribution in [2.45, 2.75) is 181 Å². The molecule has 6 nitrogen and oxygen atoms in total. The molecule has 0 fully saturated rings. The van der Waals surface area contributed by atoms with Gasteiger partial charge in [-0.3, -0.25) is 0 Å². The van der Waals surface area contributed by atoms with Gasteiger partial charge in [-0.1, -0.05) is 151 Å². The van der Waals surface area contributed by atoms with E-state index in [0.717, 1.165) is 57.1 Å². The average Bonchev–Trinajstić information content (AvgIpc) is 3.19. The highest BCUT2D eigenvalue weighted by Gasteiger charge is 2.14. The van der Waals surface area contributed by atoms with Gasteiger partial charge in [-0.25, -0.2) is 4.79 Å². The Bertz CT molecular complexity index is 1110. The van der Waals surface area contributed by atoms with E-state index in [1.54, 1.807) is 0 Å². The minimum Gasteiger partial charge on any atom is -0.492 e. The van der Waals surface area contributed by atoms with E-state index in [1.165, 1.54) is 116 Å². The van der Waals surface area contributed by atoms with Crippen molar-refractivity contribution < 1.29 is 23.7 Å². The number of carbonyl (C=O) groups is 1. The lowest BCUT2D eigenvalue weighted by atomic mass is 10.1. The minimum atomic E-state index is -0.675. The van der Waals surface area contributed by atoms with Crippen molar-refractivity contribution in [3.63, 3.8) is 0 Å². The Kier molecular flexibility index (Phi) is 35.9. The van der Waals surface area contributed by atoms with Gasteiger partial charge in [0.15, 0.2) is 0 Å². The molecule has 0 bridgehead atoms. The first-order chi connectivity index (χ1) is 27.5. The lowest BCUT2D eigenvalue weighted by molar-refractivity contribution is 0.0479. The van der Waals surface area contributed by atoms with Crippen LogP contribution in [0.15, 0.2) is 60.7 Å². The maximum absolute atomic E-state index is 12.2. The Hall–Kier alpha value is -2.70. The summed E-state index contributed by atoms with van der Waals surface area (Å²) in [6.45, 7) is 6.89. The molecule has 0 atom stereocenters. The Morgan fingerprint density at radius 1 is 0.536 bits per heavy atom. The first-order valence-electron chi connectivity index (χ1n) is 22.6. The molecule has 0 aliphatic heterocycles. The van der Waals surface area contributed by atoms with Crippen molar-refractivity contribution in [3.05, 3.63) is 71.3 Å². The van der Waals surface area contributed by atoms with Crippen LogP contribution >= 0.6 is 11.6 Å². The van der Waals surface area contributed by atoms with Gasteiger partial charge in [0, 0.05) is 6.54 Å². The van der Waals surface area contributed by atoms with E-state index in [9.17, 15) is 4.79 Å². The summed E-state index contributed by atoms with van der Waals surface area (Å²) in [7, 11) is 3.98. The van der Waals surface area contributed by atoms with E-state index in [-0.39, 0.29) is 6.61 Å². The first-order valence-corrected chi connectivity index (χ1v) is 23.0. The molecule has 0 aliphatic rings. The van der Waals surface area contributed by atoms with Gasteiger partial charge in [0.25, 0.3) is 0 Å². The summed E-state index contributed by atoms with van der Waals surface area (Å²) in [5, 5.41) is 0.472. The smallest absolute Gasteiger partial charge is 0.492 e. The molecule has 0 aliphatic carbocycles. The van der Waals surface area contributed by atoms with Crippen LogP contribution in [-0.4, -0.2) is 51.5 Å². The van der Waals surface area contributed by atoms with Gasteiger partial charge in [-0.15, -0.1) is 0 Å². The molecule has 1 rings (SSSR count). The fourth-order valence-corrected chi connectivity index (χ4v) is 6.40. The minimum absolute atomic E-state index is 0.0618. The van der Waals surface area contributed by atoms with Crippen molar-refractivity contribution in [2.24, 2.45) is 0 Å². The number of halogens is 1. The van der Waals surface area contributed by atoms with Gasteiger partial charge < -0.3 is 23.8 Å². The number of ether oxygens (including phenoxy) is 4. The zero-order valence-electron chi connectivity index (χ0n) is 36.4. The summed E-state index contributed by atoms with van der Waals surface area (Å²) in [5.74, 6) is 1.14. The van der Waals surface area contributed by atoms with Crippen LogP contribution in [0.25, 0.3) is 0 Å². The van der Waals surface area contributed by atoms with Crippen LogP contribution in [0.2, 0.25) is 5.02 Å². The number of rotatable bonds is 38. The zero-order valence-corrected chi connectivity index (χ0v) is 37.1. The summed E-state index contributed by atoms with van der Waals surface area (Å²) < 4.78 is 23.0. The summed E-state index contributed by atoms with van der Waals surface area (Å²) in [6, 6.07) is 3.70. The van der Waals surface area contributed by atoms with Crippen LogP contribution in [0.5, 0.6) is 11.5 Å². The third-order valence-corrected chi connectivity index (χ3v) is 9.97. The van der Waals surface area contributed by atoms with Crippen LogP contribution in [0.4, 0.5) is 4.79 Å². The molecule has 1 aromatic rings. The van der Waals surface area contributed by atoms with Crippen molar-refractivity contribution in [1.29, 1.82) is 0 Å². The monoisotopic (exact) mass is 800 g/mol. The summed E-state index contributed by atoms with van der Waals surface area (Å²) in [6.07, 6.45) is 47.4. The van der Waals surface area contributed by atoms with Crippen LogP contribution in [-0.2, 0) is 16.1 Å². The van der Waals surface area contributed by atoms with Gasteiger partial charge in [0.2, 0.25) is 0 Å². The number of hydrogen-bond acceptors (Lipinski definition) is 6. The summed E-state index contributed by atoms with van der Waals surface area (Å²) in [4.78, 5) is 14.3. The Morgan fingerprint density at radius 2 is 0.946 bits per heavy atom. The topological polar surface area (TPSA) is 57.2 Å². The van der Waals surface area contributed by atoms with Gasteiger partial charge in [-0.05, 0) is 115 Å². The predicted molar refractivity (Wildman–Crippen MR) is 240 cm³/mol. The number of allylic oxidation sites excluding steroid dienone is 8. The molecule has 0 N–H and O–H groups in total. The normalized spacial score (nSPS) is 12.0. The molecule has 0 aromatic heterocycles. The second kappa shape index (κ2) is 39.1. The Balaban J connectivity index is 2.41. The zero-order chi connectivity index (χ0) is 40.6. The molecule has 56 heavy (non-hydrogen) atoms. The molecular formula is C49H82ClNO5. The van der Waals surface area contributed by atoms with E-state index in [1.807, 2.05) is 26.2 Å². The second-order valence-electron chi connectivity index (χ2n) is 15.3. The fourth-order valence-electron chi connectivity index (χ4n) is 6.18. The van der Waals surface area contributed by atoms with Gasteiger partial charge in [0.1, 0.15) is 23.1 Å². The van der Waals surface area contributed by atoms with Gasteiger partial charge in [-0.2, -0.15) is 0 Å². The van der Waals surface area contributed by atoms with Crippen LogP contribution in [0.3, 0.4) is 0 Å². The molecule has 7 heteroatoms. The molecule has 0 saturated heterocycles. The van der Waals surface area contributed by atoms with E-state index in [0.29, 0.717) is 36.3 Å². The Morgan fingerprint density at radius 3 is 1.38 bits per heavy atom. The van der Waals surface area contributed by atoms with Crippen LogP contribution in [0.1, 0.15) is 180 Å². The summed E-state index contributed by atoms with van der Waals surface area (Å²) >= 11 is 6.80. The quantitative estimate of drug-likeness (QED) is 0.0377. The predicted octanol–water partition coefficient (Wildman–Crippen LogP) is 15.3.